The molecular weight excluding hydrogens is 291 g/mol. The van der Waals surface area contributed by atoms with Crippen LogP contribution < -0.4 is 5.32 Å². The highest BCUT2D eigenvalue weighted by Crippen LogP contribution is 2.43. The van der Waals surface area contributed by atoms with E-state index >= 15 is 0 Å². The average molecular weight is 305 g/mol. The zero-order valence-electron chi connectivity index (χ0n) is 10.8. The van der Waals surface area contributed by atoms with Crippen molar-refractivity contribution >= 4 is 15.4 Å². The van der Waals surface area contributed by atoms with E-state index in [4.69, 9.17) is 0 Å². The van der Waals surface area contributed by atoms with Gasteiger partial charge in [-0.25, -0.2) is 8.42 Å². The Kier molecular flexibility index (Phi) is 3.93. The molecule has 1 aliphatic rings. The van der Waals surface area contributed by atoms with Gasteiger partial charge >= 0.3 is 6.18 Å². The lowest BCUT2D eigenvalue weighted by Crippen LogP contribution is -2.11. The summed E-state index contributed by atoms with van der Waals surface area (Å²) >= 11 is 0. The summed E-state index contributed by atoms with van der Waals surface area (Å²) < 4.78 is 62.7. The van der Waals surface area contributed by atoms with Crippen molar-refractivity contribution in [3.8, 4) is 0 Å². The molecule has 0 saturated heterocycles. The molecule has 1 aromatic carbocycles. The van der Waals surface area contributed by atoms with Crippen LogP contribution in [0.15, 0.2) is 28.5 Å². The summed E-state index contributed by atoms with van der Waals surface area (Å²) in [6.07, 6.45) is -3.59. The van der Waals surface area contributed by atoms with Gasteiger partial charge < -0.3 is 5.32 Å². The highest BCUT2D eigenvalue weighted by molar-refractivity contribution is 7.95. The molecule has 0 aromatic heterocycles. The van der Waals surface area contributed by atoms with E-state index in [0.717, 1.165) is 11.5 Å². The first-order chi connectivity index (χ1) is 9.27. The van der Waals surface area contributed by atoms with Gasteiger partial charge in [0.05, 0.1) is 10.5 Å². The minimum atomic E-state index is -4.67. The number of hydrogen-bond acceptors (Lipinski definition) is 3. The first-order valence-electron chi connectivity index (χ1n) is 6.08. The van der Waals surface area contributed by atoms with Crippen LogP contribution in [0.25, 0.3) is 5.57 Å². The molecule has 0 amide bonds. The molecule has 20 heavy (non-hydrogen) atoms. The lowest BCUT2D eigenvalue weighted by atomic mass is 10.0. The molecule has 1 aromatic rings. The van der Waals surface area contributed by atoms with E-state index in [9.17, 15) is 21.6 Å². The molecule has 0 fully saturated rings. The summed E-state index contributed by atoms with van der Waals surface area (Å²) in [5, 5.41) is 3.88. The molecule has 2 rings (SSSR count). The Balaban J connectivity index is 2.49. The number of fused-ring (bicyclic) bond motifs is 1. The molecule has 0 spiro atoms. The van der Waals surface area contributed by atoms with Crippen LogP contribution in [-0.4, -0.2) is 22.0 Å². The van der Waals surface area contributed by atoms with Crippen molar-refractivity contribution in [2.75, 3.05) is 13.6 Å². The summed E-state index contributed by atoms with van der Waals surface area (Å²) in [5.74, 6) is 0. The SMILES string of the molecule is CNCCCC1=CS(=O)(=O)c2c1cccc2C(F)(F)F. The lowest BCUT2D eigenvalue weighted by molar-refractivity contribution is -0.139. The Morgan fingerprint density at radius 3 is 2.55 bits per heavy atom. The molecule has 1 heterocycles. The molecule has 0 radical (unpaired) electrons. The zero-order chi connectivity index (χ0) is 15.0. The van der Waals surface area contributed by atoms with Crippen molar-refractivity contribution in [2.45, 2.75) is 23.9 Å². The number of allylic oxidation sites excluding steroid dienone is 1. The lowest BCUT2D eigenvalue weighted by Gasteiger charge is -2.12. The van der Waals surface area contributed by atoms with Gasteiger partial charge in [-0.3, -0.25) is 0 Å². The second-order valence-corrected chi connectivity index (χ2v) is 6.31. The molecule has 0 unspecified atom stereocenters. The van der Waals surface area contributed by atoms with Crippen LogP contribution in [0.4, 0.5) is 13.2 Å². The van der Waals surface area contributed by atoms with Crippen molar-refractivity contribution in [1.82, 2.24) is 5.32 Å². The third-order valence-electron chi connectivity index (χ3n) is 3.12. The van der Waals surface area contributed by atoms with Crippen molar-refractivity contribution in [2.24, 2.45) is 0 Å². The number of sulfone groups is 1. The van der Waals surface area contributed by atoms with Gasteiger partial charge in [-0.15, -0.1) is 0 Å². The van der Waals surface area contributed by atoms with Gasteiger partial charge in [-0.1, -0.05) is 12.1 Å². The summed E-state index contributed by atoms with van der Waals surface area (Å²) in [6.45, 7) is 0.672. The van der Waals surface area contributed by atoms with E-state index in [1.165, 1.54) is 12.1 Å². The monoisotopic (exact) mass is 305 g/mol. The van der Waals surface area contributed by atoms with Gasteiger partial charge in [-0.05, 0) is 43.6 Å². The second kappa shape index (κ2) is 5.21. The van der Waals surface area contributed by atoms with E-state index in [2.05, 4.69) is 5.32 Å². The van der Waals surface area contributed by atoms with Gasteiger partial charge in [0.15, 0.2) is 0 Å². The van der Waals surface area contributed by atoms with Gasteiger partial charge in [0.1, 0.15) is 0 Å². The van der Waals surface area contributed by atoms with Crippen LogP contribution in [0.5, 0.6) is 0 Å². The smallest absolute Gasteiger partial charge is 0.320 e. The van der Waals surface area contributed by atoms with E-state index in [1.807, 2.05) is 0 Å². The largest absolute Gasteiger partial charge is 0.417 e. The Labute approximate surface area is 115 Å². The fourth-order valence-electron chi connectivity index (χ4n) is 2.28. The first kappa shape index (κ1) is 15.1. The van der Waals surface area contributed by atoms with E-state index < -0.39 is 26.5 Å². The number of rotatable bonds is 4. The topological polar surface area (TPSA) is 46.2 Å². The third kappa shape index (κ3) is 2.73. The second-order valence-electron chi connectivity index (χ2n) is 4.58. The van der Waals surface area contributed by atoms with Gasteiger partial charge in [0.25, 0.3) is 0 Å². The van der Waals surface area contributed by atoms with Crippen molar-refractivity contribution in [3.63, 3.8) is 0 Å². The van der Waals surface area contributed by atoms with Crippen LogP contribution in [0.2, 0.25) is 0 Å². The maximum Gasteiger partial charge on any atom is 0.417 e. The minimum absolute atomic E-state index is 0.177. The highest BCUT2D eigenvalue weighted by atomic mass is 32.2. The predicted octanol–water partition coefficient (Wildman–Crippen LogP) is 2.83. The normalized spacial score (nSPS) is 16.9. The molecule has 1 aliphatic heterocycles. The maximum atomic E-state index is 12.9. The van der Waals surface area contributed by atoms with Crippen LogP contribution in [0.3, 0.4) is 0 Å². The summed E-state index contributed by atoms with van der Waals surface area (Å²) in [7, 11) is -2.25. The van der Waals surface area contributed by atoms with Crippen LogP contribution >= 0.6 is 0 Å². The first-order valence-corrected chi connectivity index (χ1v) is 7.63. The number of alkyl halides is 3. The molecular formula is C13H14F3NO2S. The summed E-state index contributed by atoms with van der Waals surface area (Å²) in [6, 6.07) is 3.48. The average Bonchev–Trinajstić information content (AvgIpc) is 2.61. The number of halogens is 3. The Morgan fingerprint density at radius 1 is 1.25 bits per heavy atom. The summed E-state index contributed by atoms with van der Waals surface area (Å²) in [4.78, 5) is -0.605. The maximum absolute atomic E-state index is 12.9. The minimum Gasteiger partial charge on any atom is -0.320 e. The van der Waals surface area contributed by atoms with Crippen molar-refractivity contribution in [1.29, 1.82) is 0 Å². The molecule has 0 bridgehead atoms. The van der Waals surface area contributed by atoms with Gasteiger partial charge in [0.2, 0.25) is 9.84 Å². The molecule has 0 atom stereocenters. The predicted molar refractivity (Wildman–Crippen MR) is 69.8 cm³/mol. The number of benzene rings is 1. The van der Waals surface area contributed by atoms with Crippen LogP contribution in [0.1, 0.15) is 24.0 Å². The van der Waals surface area contributed by atoms with E-state index in [0.29, 0.717) is 25.0 Å². The molecule has 3 nitrogen and oxygen atoms in total. The van der Waals surface area contributed by atoms with E-state index in [-0.39, 0.29) is 5.56 Å². The molecule has 1 N–H and O–H groups in total. The summed E-state index contributed by atoms with van der Waals surface area (Å²) in [5.41, 5.74) is -0.466. The Hall–Kier alpha value is -1.34. The third-order valence-corrected chi connectivity index (χ3v) is 4.72. The quantitative estimate of drug-likeness (QED) is 0.870. The van der Waals surface area contributed by atoms with Gasteiger partial charge in [-0.2, -0.15) is 13.2 Å². The van der Waals surface area contributed by atoms with Crippen LogP contribution in [-0.2, 0) is 16.0 Å². The fraction of sp³-hybridized carbons (Fsp3) is 0.385. The van der Waals surface area contributed by atoms with Crippen molar-refractivity contribution in [3.05, 3.63) is 34.7 Å². The number of nitrogens with one attached hydrogen (secondary N) is 1. The molecule has 7 heteroatoms. The Morgan fingerprint density at radius 2 is 1.95 bits per heavy atom. The molecule has 110 valence electrons. The fourth-order valence-corrected chi connectivity index (χ4v) is 4.01. The highest BCUT2D eigenvalue weighted by Gasteiger charge is 2.40. The van der Waals surface area contributed by atoms with Crippen LogP contribution in [0, 0.1) is 0 Å². The standard InChI is InChI=1S/C13H14F3NO2S/c1-17-7-3-4-9-8-20(18,19)12-10(9)5-2-6-11(12)13(14,15)16/h2,5-6,8,17H,3-4,7H2,1H3. The van der Waals surface area contributed by atoms with Gasteiger partial charge in [0, 0.05) is 5.41 Å². The molecule has 0 saturated carbocycles. The van der Waals surface area contributed by atoms with E-state index in [1.54, 1.807) is 7.05 Å². The van der Waals surface area contributed by atoms with Crippen molar-refractivity contribution < 1.29 is 21.6 Å². The number of hydrogen-bond donors (Lipinski definition) is 1. The zero-order valence-corrected chi connectivity index (χ0v) is 11.6. The molecule has 0 aliphatic carbocycles. The Bertz CT molecular complexity index is 648.